The standard InChI is InChI=1S/C7H11N3O3S2/c1-4(11)9-10-7-8-5-2-15(12,13)3-6(5)14-7/h5-6H,2-3H2,1H3,(H,8,10)(H,9,11)/t5-,6+/m1/s1. The zero-order chi connectivity index (χ0) is 11.1. The Labute approximate surface area is 91.8 Å². The van der Waals surface area contributed by atoms with Gasteiger partial charge in [0.25, 0.3) is 0 Å². The van der Waals surface area contributed by atoms with Gasteiger partial charge >= 0.3 is 0 Å². The maximum absolute atomic E-state index is 11.2. The highest BCUT2D eigenvalue weighted by Crippen LogP contribution is 2.33. The number of nitrogens with zero attached hydrogens (tertiary/aromatic N) is 1. The molecule has 0 saturated carbocycles. The molecule has 2 rings (SSSR count). The first-order valence-corrected chi connectivity index (χ1v) is 7.14. The zero-order valence-electron chi connectivity index (χ0n) is 8.06. The minimum Gasteiger partial charge on any atom is -0.277 e. The summed E-state index contributed by atoms with van der Waals surface area (Å²) >= 11 is 1.37. The lowest BCUT2D eigenvalue weighted by Crippen LogP contribution is -2.38. The fraction of sp³-hybridized carbons (Fsp3) is 0.714. The molecule has 2 N–H and O–H groups in total. The van der Waals surface area contributed by atoms with Crippen molar-refractivity contribution in [1.29, 1.82) is 0 Å². The number of carbonyl (C=O) groups is 1. The van der Waals surface area contributed by atoms with Gasteiger partial charge in [-0.3, -0.25) is 20.6 Å². The van der Waals surface area contributed by atoms with E-state index in [0.29, 0.717) is 5.17 Å². The van der Waals surface area contributed by atoms with Gasteiger partial charge in [0, 0.05) is 12.2 Å². The third kappa shape index (κ3) is 2.43. The van der Waals surface area contributed by atoms with Gasteiger partial charge in [0.15, 0.2) is 15.0 Å². The molecule has 0 spiro atoms. The van der Waals surface area contributed by atoms with Gasteiger partial charge in [-0.15, -0.1) is 0 Å². The Morgan fingerprint density at radius 2 is 2.27 bits per heavy atom. The Morgan fingerprint density at radius 1 is 1.53 bits per heavy atom. The number of nitrogens with one attached hydrogen (secondary N) is 2. The fourth-order valence-electron chi connectivity index (χ4n) is 1.56. The third-order valence-electron chi connectivity index (χ3n) is 2.16. The average molecular weight is 249 g/mol. The zero-order valence-corrected chi connectivity index (χ0v) is 9.69. The van der Waals surface area contributed by atoms with E-state index in [2.05, 4.69) is 15.8 Å². The molecule has 0 radical (unpaired) electrons. The van der Waals surface area contributed by atoms with E-state index >= 15 is 0 Å². The highest BCUT2D eigenvalue weighted by atomic mass is 32.2. The Kier molecular flexibility index (Phi) is 2.63. The first kappa shape index (κ1) is 10.7. The number of thioether (sulfide) groups is 1. The van der Waals surface area contributed by atoms with Crippen LogP contribution >= 0.6 is 11.8 Å². The average Bonchev–Trinajstić information content (AvgIpc) is 2.53. The second-order valence-corrected chi connectivity index (χ2v) is 6.92. The number of amidine groups is 1. The number of aliphatic imine (C=N–C) groups is 1. The van der Waals surface area contributed by atoms with Crippen molar-refractivity contribution in [3.63, 3.8) is 0 Å². The molecule has 2 aliphatic heterocycles. The number of rotatable bonds is 0. The highest BCUT2D eigenvalue weighted by Gasteiger charge is 2.42. The number of hydrazine groups is 1. The molecule has 0 bridgehead atoms. The van der Waals surface area contributed by atoms with Gasteiger partial charge in [0.05, 0.1) is 17.5 Å². The van der Waals surface area contributed by atoms with Crippen molar-refractivity contribution >= 4 is 32.7 Å². The summed E-state index contributed by atoms with van der Waals surface area (Å²) in [7, 11) is -2.90. The van der Waals surface area contributed by atoms with Gasteiger partial charge in [-0.2, -0.15) is 0 Å². The first-order chi connectivity index (χ1) is 6.96. The summed E-state index contributed by atoms with van der Waals surface area (Å²) in [4.78, 5) is 14.8. The van der Waals surface area contributed by atoms with Crippen molar-refractivity contribution in [3.8, 4) is 0 Å². The summed E-state index contributed by atoms with van der Waals surface area (Å²) in [6.45, 7) is 1.39. The van der Waals surface area contributed by atoms with E-state index in [4.69, 9.17) is 0 Å². The quantitative estimate of drug-likeness (QED) is 0.532. The summed E-state index contributed by atoms with van der Waals surface area (Å²) < 4.78 is 22.5. The summed E-state index contributed by atoms with van der Waals surface area (Å²) in [5, 5.41) is 0.598. The van der Waals surface area contributed by atoms with E-state index in [-0.39, 0.29) is 28.7 Å². The molecule has 15 heavy (non-hydrogen) atoms. The van der Waals surface area contributed by atoms with Crippen LogP contribution in [0.5, 0.6) is 0 Å². The van der Waals surface area contributed by atoms with Crippen molar-refractivity contribution in [2.75, 3.05) is 11.5 Å². The maximum atomic E-state index is 11.2. The summed E-state index contributed by atoms with van der Waals surface area (Å²) in [5.41, 5.74) is 5.06. The lowest BCUT2D eigenvalue weighted by Gasteiger charge is -2.05. The van der Waals surface area contributed by atoms with Gasteiger partial charge in [-0.05, 0) is 0 Å². The Balaban J connectivity index is 1.96. The lowest BCUT2D eigenvalue weighted by atomic mass is 10.3. The molecule has 0 aromatic rings. The Morgan fingerprint density at radius 3 is 2.87 bits per heavy atom. The van der Waals surface area contributed by atoms with Crippen molar-refractivity contribution in [3.05, 3.63) is 0 Å². The summed E-state index contributed by atoms with van der Waals surface area (Å²) in [5.74, 6) is 0.0930. The van der Waals surface area contributed by atoms with E-state index in [0.717, 1.165) is 0 Å². The van der Waals surface area contributed by atoms with Crippen LogP contribution in [0.25, 0.3) is 0 Å². The van der Waals surface area contributed by atoms with Crippen LogP contribution in [0.1, 0.15) is 6.92 Å². The van der Waals surface area contributed by atoms with Crippen LogP contribution in [0.4, 0.5) is 0 Å². The molecule has 0 aliphatic carbocycles. The monoisotopic (exact) mass is 249 g/mol. The summed E-state index contributed by atoms with van der Waals surface area (Å²) in [6, 6.07) is -0.156. The Hall–Kier alpha value is -0.760. The van der Waals surface area contributed by atoms with Crippen LogP contribution in [0.3, 0.4) is 0 Å². The minimum absolute atomic E-state index is 0.00579. The normalized spacial score (nSPS) is 31.9. The molecule has 1 fully saturated rings. The molecule has 2 aliphatic rings. The van der Waals surface area contributed by atoms with E-state index in [1.807, 2.05) is 0 Å². The lowest BCUT2D eigenvalue weighted by molar-refractivity contribution is -0.119. The number of fused-ring (bicyclic) bond motifs is 1. The molecular weight excluding hydrogens is 238 g/mol. The number of sulfone groups is 1. The van der Waals surface area contributed by atoms with E-state index < -0.39 is 9.84 Å². The molecular formula is C7H11N3O3S2. The van der Waals surface area contributed by atoms with Crippen molar-refractivity contribution in [1.82, 2.24) is 10.9 Å². The SMILES string of the molecule is CC(=O)NNC1=N[C@@H]2CS(=O)(=O)C[C@@H]2S1. The van der Waals surface area contributed by atoms with Crippen LogP contribution in [0.2, 0.25) is 0 Å². The molecule has 1 saturated heterocycles. The van der Waals surface area contributed by atoms with Gasteiger partial charge in [0.1, 0.15) is 0 Å². The van der Waals surface area contributed by atoms with E-state index in [9.17, 15) is 13.2 Å². The second-order valence-electron chi connectivity index (χ2n) is 3.54. The topological polar surface area (TPSA) is 87.6 Å². The molecule has 8 heteroatoms. The van der Waals surface area contributed by atoms with Crippen LogP contribution in [0, 0.1) is 0 Å². The smallest absolute Gasteiger partial charge is 0.235 e. The van der Waals surface area contributed by atoms with E-state index in [1.165, 1.54) is 18.7 Å². The predicted molar refractivity (Wildman–Crippen MR) is 58.2 cm³/mol. The fourth-order valence-corrected chi connectivity index (χ4v) is 5.17. The molecule has 84 valence electrons. The number of hydrogen-bond acceptors (Lipinski definition) is 6. The van der Waals surface area contributed by atoms with Gasteiger partial charge in [-0.25, -0.2) is 8.42 Å². The number of amides is 1. The number of carbonyl (C=O) groups excluding carboxylic acids is 1. The van der Waals surface area contributed by atoms with Crippen molar-refractivity contribution < 1.29 is 13.2 Å². The number of hydrogen-bond donors (Lipinski definition) is 2. The van der Waals surface area contributed by atoms with Gasteiger partial charge in [0.2, 0.25) is 5.91 Å². The van der Waals surface area contributed by atoms with Crippen LogP contribution in [0.15, 0.2) is 4.99 Å². The third-order valence-corrected chi connectivity index (χ3v) is 5.31. The Bertz CT molecular complexity index is 417. The van der Waals surface area contributed by atoms with Crippen LogP contribution < -0.4 is 10.9 Å². The predicted octanol–water partition coefficient (Wildman–Crippen LogP) is -1.10. The van der Waals surface area contributed by atoms with Crippen LogP contribution in [-0.2, 0) is 14.6 Å². The van der Waals surface area contributed by atoms with E-state index in [1.54, 1.807) is 0 Å². The van der Waals surface area contributed by atoms with Crippen LogP contribution in [-0.4, -0.2) is 42.3 Å². The first-order valence-electron chi connectivity index (χ1n) is 4.44. The van der Waals surface area contributed by atoms with Gasteiger partial charge in [-0.1, -0.05) is 11.8 Å². The molecule has 0 aromatic heterocycles. The highest BCUT2D eigenvalue weighted by molar-refractivity contribution is 8.15. The molecule has 0 unspecified atom stereocenters. The molecule has 2 atom stereocenters. The molecule has 2 heterocycles. The largest absolute Gasteiger partial charge is 0.277 e. The molecule has 0 aromatic carbocycles. The minimum atomic E-state index is -2.90. The second kappa shape index (κ2) is 3.67. The summed E-state index contributed by atoms with van der Waals surface area (Å²) in [6.07, 6.45) is 0. The van der Waals surface area contributed by atoms with Crippen molar-refractivity contribution in [2.24, 2.45) is 4.99 Å². The van der Waals surface area contributed by atoms with Crippen molar-refractivity contribution in [2.45, 2.75) is 18.2 Å². The molecule has 1 amide bonds. The molecule has 6 nitrogen and oxygen atoms in total. The maximum Gasteiger partial charge on any atom is 0.235 e. The van der Waals surface area contributed by atoms with Gasteiger partial charge < -0.3 is 0 Å².